The number of hydrogen-bond donors (Lipinski definition) is 0. The molecule has 1 aromatic carbocycles. The molecule has 4 heteroatoms. The zero-order valence-corrected chi connectivity index (χ0v) is 10.5. The molecule has 0 N–H and O–H groups in total. The average Bonchev–Trinajstić information content (AvgIpc) is 2.03. The Labute approximate surface area is 90.9 Å². The highest BCUT2D eigenvalue weighted by Gasteiger charge is 2.08. The molecule has 2 nitrogen and oxygen atoms in total. The van der Waals surface area contributed by atoms with Gasteiger partial charge in [-0.1, -0.05) is 26.0 Å². The van der Waals surface area contributed by atoms with E-state index in [-0.39, 0.29) is 0 Å². The van der Waals surface area contributed by atoms with Crippen molar-refractivity contribution >= 4 is 28.2 Å². The van der Waals surface area contributed by atoms with Crippen LogP contribution in [0.2, 0.25) is 0 Å². The minimum absolute atomic E-state index is 0.373. The fraction of sp³-hybridized carbons (Fsp3) is 0.333. The molecule has 0 radical (unpaired) electrons. The lowest BCUT2D eigenvalue weighted by Gasteiger charge is -2.04. The van der Waals surface area contributed by atoms with Crippen LogP contribution in [0.4, 0.5) is 0 Å². The highest BCUT2D eigenvalue weighted by atomic mass is 127. The first-order chi connectivity index (χ1) is 5.91. The van der Waals surface area contributed by atoms with Crippen LogP contribution in [0.5, 0.6) is 0 Å². The highest BCUT2D eigenvalue weighted by molar-refractivity contribution is 14.2. The summed E-state index contributed by atoms with van der Waals surface area (Å²) in [6.07, 6.45) is 0. The van der Waals surface area contributed by atoms with Gasteiger partial charge in [0.1, 0.15) is 0 Å². The maximum absolute atomic E-state index is 11.1. The summed E-state index contributed by atoms with van der Waals surface area (Å²) in [6.45, 7) is 4.15. The predicted molar refractivity (Wildman–Crippen MR) is 61.7 cm³/mol. The van der Waals surface area contributed by atoms with Crippen LogP contribution in [-0.2, 0) is 7.01 Å². The minimum Gasteiger partial charge on any atom is -0.213 e. The molecule has 0 saturated carbocycles. The van der Waals surface area contributed by atoms with E-state index in [1.54, 1.807) is 12.1 Å². The lowest BCUT2D eigenvalue weighted by atomic mass is 10.0. The summed E-state index contributed by atoms with van der Waals surface area (Å²) < 4.78 is 22.2. The van der Waals surface area contributed by atoms with Crippen molar-refractivity contribution in [2.75, 3.05) is 0 Å². The van der Waals surface area contributed by atoms with Gasteiger partial charge in [-0.2, -0.15) is 0 Å². The lowest BCUT2D eigenvalue weighted by Crippen LogP contribution is -1.91. The summed E-state index contributed by atoms with van der Waals surface area (Å²) in [6, 6.07) is 7.01. The number of halogens is 1. The molecule has 0 amide bonds. The normalized spacial score (nSPS) is 12.0. The Morgan fingerprint density at radius 3 is 1.92 bits per heavy atom. The monoisotopic (exact) mass is 310 g/mol. The molecular weight excluding hydrogens is 299 g/mol. The van der Waals surface area contributed by atoms with Gasteiger partial charge < -0.3 is 0 Å². The Balaban J connectivity index is 3.08. The molecule has 72 valence electrons. The Hall–Kier alpha value is -0.100. The first-order valence-corrected chi connectivity index (χ1v) is 7.98. The van der Waals surface area contributed by atoms with Crippen molar-refractivity contribution in [1.82, 2.24) is 0 Å². The third-order valence-corrected chi connectivity index (χ3v) is 4.19. The zero-order valence-electron chi connectivity index (χ0n) is 7.49. The molecule has 0 aliphatic heterocycles. The maximum atomic E-state index is 11.1. The summed E-state index contributed by atoms with van der Waals surface area (Å²) >= 11 is 1.44. The summed E-state index contributed by atoms with van der Waals surface area (Å²) in [5, 5.41) is 0. The van der Waals surface area contributed by atoms with Gasteiger partial charge in [0.05, 0.1) is 26.1 Å². The van der Waals surface area contributed by atoms with Crippen LogP contribution < -0.4 is 0 Å². The first-order valence-electron chi connectivity index (χ1n) is 3.96. The molecule has 1 aromatic rings. The van der Waals surface area contributed by atoms with E-state index in [1.807, 2.05) is 12.1 Å². The SMILES string of the molecule is CC(C)c1ccc(S(=O)(=O)I)cc1. The van der Waals surface area contributed by atoms with Crippen molar-refractivity contribution in [3.8, 4) is 0 Å². The van der Waals surface area contributed by atoms with Gasteiger partial charge in [0.2, 0.25) is 7.01 Å². The van der Waals surface area contributed by atoms with E-state index < -0.39 is 7.01 Å². The van der Waals surface area contributed by atoms with Crippen molar-refractivity contribution in [2.24, 2.45) is 0 Å². The van der Waals surface area contributed by atoms with Gasteiger partial charge in [0.25, 0.3) is 0 Å². The molecule has 0 fully saturated rings. The fourth-order valence-electron chi connectivity index (χ4n) is 1.02. The van der Waals surface area contributed by atoms with E-state index in [1.165, 1.54) is 21.2 Å². The van der Waals surface area contributed by atoms with Gasteiger partial charge in [0, 0.05) is 0 Å². The van der Waals surface area contributed by atoms with Gasteiger partial charge in [-0.3, -0.25) is 0 Å². The van der Waals surface area contributed by atoms with E-state index in [9.17, 15) is 8.42 Å². The Bertz CT molecular complexity index is 379. The first kappa shape index (κ1) is 11.0. The van der Waals surface area contributed by atoms with Crippen LogP contribution in [0.1, 0.15) is 25.3 Å². The molecule has 0 saturated heterocycles. The number of hydrogen-bond acceptors (Lipinski definition) is 2. The van der Waals surface area contributed by atoms with Gasteiger partial charge in [-0.05, 0) is 23.6 Å². The molecule has 0 unspecified atom stereocenters. The molecule has 0 aliphatic carbocycles. The molecule has 0 aromatic heterocycles. The Morgan fingerprint density at radius 2 is 1.62 bits per heavy atom. The minimum atomic E-state index is -3.08. The molecule has 0 bridgehead atoms. The van der Waals surface area contributed by atoms with Gasteiger partial charge in [-0.25, -0.2) is 8.42 Å². The molecule has 0 atom stereocenters. The molecule has 13 heavy (non-hydrogen) atoms. The van der Waals surface area contributed by atoms with Crippen molar-refractivity contribution in [2.45, 2.75) is 24.7 Å². The van der Waals surface area contributed by atoms with E-state index >= 15 is 0 Å². The summed E-state index contributed by atoms with van der Waals surface area (Å²) in [5.41, 5.74) is 1.16. The van der Waals surface area contributed by atoms with Gasteiger partial charge in [0.15, 0.2) is 0 Å². The van der Waals surface area contributed by atoms with Crippen molar-refractivity contribution < 1.29 is 8.42 Å². The molecule has 1 rings (SSSR count). The van der Waals surface area contributed by atoms with Crippen LogP contribution in [-0.4, -0.2) is 8.42 Å². The van der Waals surface area contributed by atoms with Crippen molar-refractivity contribution in [1.29, 1.82) is 0 Å². The summed E-state index contributed by atoms with van der Waals surface area (Å²) in [7, 11) is -3.08. The Kier molecular flexibility index (Phi) is 3.34. The Morgan fingerprint density at radius 1 is 1.15 bits per heavy atom. The second-order valence-electron chi connectivity index (χ2n) is 3.16. The molecule has 0 heterocycles. The smallest absolute Gasteiger partial charge is 0.213 e. The summed E-state index contributed by atoms with van der Waals surface area (Å²) in [4.78, 5) is 0.373. The van der Waals surface area contributed by atoms with E-state index in [4.69, 9.17) is 0 Å². The fourth-order valence-corrected chi connectivity index (χ4v) is 2.36. The van der Waals surface area contributed by atoms with Crippen LogP contribution in [0.15, 0.2) is 29.2 Å². The molecule has 0 aliphatic rings. The third kappa shape index (κ3) is 2.95. The van der Waals surface area contributed by atoms with E-state index in [0.29, 0.717) is 10.8 Å². The second-order valence-corrected chi connectivity index (χ2v) is 7.99. The predicted octanol–water partition coefficient (Wildman–Crippen LogP) is 2.93. The quantitative estimate of drug-likeness (QED) is 0.622. The lowest BCUT2D eigenvalue weighted by molar-refractivity contribution is 0.612. The number of benzene rings is 1. The largest absolute Gasteiger partial charge is 0.231 e. The van der Waals surface area contributed by atoms with Gasteiger partial charge in [-0.15, -0.1) is 0 Å². The van der Waals surface area contributed by atoms with Gasteiger partial charge >= 0.3 is 0 Å². The maximum Gasteiger partial charge on any atom is 0.231 e. The van der Waals surface area contributed by atoms with E-state index in [2.05, 4.69) is 13.8 Å². The average molecular weight is 310 g/mol. The third-order valence-electron chi connectivity index (χ3n) is 1.83. The zero-order chi connectivity index (χ0) is 10.1. The standard InChI is InChI=1S/C9H11IO2S/c1-7(2)8-3-5-9(6-4-8)13(10,11)12/h3-7H,1-2H3. The van der Waals surface area contributed by atoms with Crippen molar-refractivity contribution in [3.63, 3.8) is 0 Å². The van der Waals surface area contributed by atoms with Crippen LogP contribution >= 0.6 is 21.2 Å². The number of rotatable bonds is 2. The molecular formula is C9H11IO2S. The highest BCUT2D eigenvalue weighted by Crippen LogP contribution is 2.20. The van der Waals surface area contributed by atoms with Crippen LogP contribution in [0.25, 0.3) is 0 Å². The van der Waals surface area contributed by atoms with Crippen LogP contribution in [0.3, 0.4) is 0 Å². The van der Waals surface area contributed by atoms with Crippen molar-refractivity contribution in [3.05, 3.63) is 29.8 Å². The van der Waals surface area contributed by atoms with E-state index in [0.717, 1.165) is 5.56 Å². The topological polar surface area (TPSA) is 34.1 Å². The summed E-state index contributed by atoms with van der Waals surface area (Å²) in [5.74, 6) is 0.436. The van der Waals surface area contributed by atoms with Crippen LogP contribution in [0, 0.1) is 0 Å². The second kappa shape index (κ2) is 3.96. The molecule has 0 spiro atoms.